The Morgan fingerprint density at radius 1 is 0.912 bits per heavy atom. The minimum absolute atomic E-state index is 0.157. The second-order valence-corrected chi connectivity index (χ2v) is 11.8. The summed E-state index contributed by atoms with van der Waals surface area (Å²) in [4.78, 5) is 15.8. The first-order valence-corrected chi connectivity index (χ1v) is 14.4. The van der Waals surface area contributed by atoms with E-state index in [1.807, 2.05) is 0 Å². The second kappa shape index (κ2) is 12.0. The van der Waals surface area contributed by atoms with Crippen molar-refractivity contribution < 1.29 is 4.79 Å². The van der Waals surface area contributed by atoms with Gasteiger partial charge in [-0.1, -0.05) is 6.92 Å². The molecule has 0 radical (unpaired) electrons. The molecule has 0 aromatic rings. The Kier molecular flexibility index (Phi) is 8.77. The van der Waals surface area contributed by atoms with E-state index in [2.05, 4.69) is 43.7 Å². The molecule has 5 rings (SSSR count). The molecular formula is C26H49N7O. The van der Waals surface area contributed by atoms with Crippen LogP contribution in [0, 0.1) is 17.8 Å². The molecule has 8 atom stereocenters. The van der Waals surface area contributed by atoms with E-state index < -0.39 is 0 Å². The lowest BCUT2D eigenvalue weighted by Gasteiger charge is -2.43. The maximum atomic E-state index is 13.2. The number of hydrogen-bond acceptors (Lipinski definition) is 7. The molecule has 4 saturated heterocycles. The van der Waals surface area contributed by atoms with Crippen LogP contribution in [0.1, 0.15) is 71.1 Å². The van der Waals surface area contributed by atoms with Crippen molar-refractivity contribution in [3.8, 4) is 0 Å². The maximum Gasteiger partial charge on any atom is 0.223 e. The molecule has 0 aromatic carbocycles. The fourth-order valence-corrected chi connectivity index (χ4v) is 7.12. The van der Waals surface area contributed by atoms with Gasteiger partial charge in [0.1, 0.15) is 6.29 Å². The number of nitrogens with one attached hydrogen (secondary N) is 6. The highest BCUT2D eigenvalue weighted by atomic mass is 16.2. The third-order valence-electron chi connectivity index (χ3n) is 9.34. The van der Waals surface area contributed by atoms with Crippen LogP contribution < -0.4 is 31.9 Å². The molecular weight excluding hydrogens is 426 g/mol. The summed E-state index contributed by atoms with van der Waals surface area (Å²) in [5.41, 5.74) is 0. The lowest BCUT2D eigenvalue weighted by Crippen LogP contribution is -2.66. The highest BCUT2D eigenvalue weighted by molar-refractivity contribution is 5.79. The number of piperidine rings is 2. The molecule has 4 heterocycles. The van der Waals surface area contributed by atoms with Crippen LogP contribution in [0.15, 0.2) is 0 Å². The fourth-order valence-electron chi connectivity index (χ4n) is 7.12. The Morgan fingerprint density at radius 2 is 1.76 bits per heavy atom. The minimum atomic E-state index is 0.157. The van der Waals surface area contributed by atoms with Crippen molar-refractivity contribution in [2.75, 3.05) is 39.3 Å². The molecule has 8 nitrogen and oxygen atoms in total. The summed E-state index contributed by atoms with van der Waals surface area (Å²) < 4.78 is 0. The van der Waals surface area contributed by atoms with Gasteiger partial charge in [0.05, 0.1) is 6.17 Å². The van der Waals surface area contributed by atoms with Crippen LogP contribution in [0.3, 0.4) is 0 Å². The van der Waals surface area contributed by atoms with Crippen LogP contribution in [-0.4, -0.2) is 80.7 Å². The van der Waals surface area contributed by atoms with Crippen LogP contribution in [0.5, 0.6) is 0 Å². The van der Waals surface area contributed by atoms with Gasteiger partial charge in [-0.2, -0.15) is 0 Å². The monoisotopic (exact) mass is 475 g/mol. The first-order valence-electron chi connectivity index (χ1n) is 14.4. The Labute approximate surface area is 206 Å². The van der Waals surface area contributed by atoms with Crippen LogP contribution >= 0.6 is 0 Å². The molecule has 8 unspecified atom stereocenters. The molecule has 8 heteroatoms. The number of hydrogen-bond donors (Lipinski definition) is 6. The molecule has 34 heavy (non-hydrogen) atoms. The lowest BCUT2D eigenvalue weighted by molar-refractivity contribution is -0.127. The predicted octanol–water partition coefficient (Wildman–Crippen LogP) is 0.906. The molecule has 0 spiro atoms. The molecule has 1 saturated carbocycles. The van der Waals surface area contributed by atoms with E-state index in [0.717, 1.165) is 51.2 Å². The summed E-state index contributed by atoms with van der Waals surface area (Å²) in [7, 11) is 0. The standard InChI is InChI=1S/C26H49N7O/c1-18-6-7-21(30-25(34)19-8-11-28-24(15-19)33-13-2-3-14-33)16-23(18)32-26-29-12-9-22(31-26)20-5-4-10-27-17-20/h18-24,26-29,31-32H,2-17H2,1H3,(H,30,34). The third kappa shape index (κ3) is 6.31. The van der Waals surface area contributed by atoms with Gasteiger partial charge in [-0.15, -0.1) is 0 Å². The van der Waals surface area contributed by atoms with Crippen LogP contribution in [-0.2, 0) is 4.79 Å². The molecule has 5 aliphatic rings. The van der Waals surface area contributed by atoms with Crippen LogP contribution in [0.4, 0.5) is 0 Å². The summed E-state index contributed by atoms with van der Waals surface area (Å²) in [5, 5.41) is 22.1. The van der Waals surface area contributed by atoms with Gasteiger partial charge in [0, 0.05) is 24.0 Å². The zero-order valence-corrected chi connectivity index (χ0v) is 21.3. The van der Waals surface area contributed by atoms with Crippen molar-refractivity contribution >= 4 is 5.91 Å². The number of amides is 1. The largest absolute Gasteiger partial charge is 0.353 e. The van der Waals surface area contributed by atoms with Gasteiger partial charge in [-0.3, -0.25) is 25.6 Å². The summed E-state index contributed by atoms with van der Waals surface area (Å²) >= 11 is 0. The number of carbonyl (C=O) groups excluding carboxylic acids is 1. The molecule has 1 amide bonds. The van der Waals surface area contributed by atoms with Gasteiger partial charge in [0.25, 0.3) is 0 Å². The summed E-state index contributed by atoms with van der Waals surface area (Å²) in [6.07, 6.45) is 12.2. The van der Waals surface area contributed by atoms with Crippen molar-refractivity contribution in [3.05, 3.63) is 0 Å². The average Bonchev–Trinajstić information content (AvgIpc) is 3.42. The number of nitrogens with zero attached hydrogens (tertiary/aromatic N) is 1. The van der Waals surface area contributed by atoms with Crippen molar-refractivity contribution in [2.45, 2.75) is 102 Å². The Hall–Kier alpha value is -0.770. The molecule has 0 bridgehead atoms. The van der Waals surface area contributed by atoms with Crippen molar-refractivity contribution in [1.82, 2.24) is 36.8 Å². The first-order chi connectivity index (χ1) is 16.7. The Bertz CT molecular complexity index is 651. The van der Waals surface area contributed by atoms with E-state index in [0.29, 0.717) is 36.1 Å². The molecule has 1 aliphatic carbocycles. The zero-order valence-electron chi connectivity index (χ0n) is 21.3. The van der Waals surface area contributed by atoms with Gasteiger partial charge in [0.15, 0.2) is 0 Å². The highest BCUT2D eigenvalue weighted by Gasteiger charge is 2.36. The highest BCUT2D eigenvalue weighted by Crippen LogP contribution is 2.27. The smallest absolute Gasteiger partial charge is 0.223 e. The first kappa shape index (κ1) is 24.9. The van der Waals surface area contributed by atoms with E-state index in [4.69, 9.17) is 0 Å². The van der Waals surface area contributed by atoms with Gasteiger partial charge >= 0.3 is 0 Å². The van der Waals surface area contributed by atoms with Crippen LogP contribution in [0.2, 0.25) is 0 Å². The fraction of sp³-hybridized carbons (Fsp3) is 0.962. The zero-order chi connectivity index (χ0) is 23.3. The number of carbonyl (C=O) groups is 1. The molecule has 6 N–H and O–H groups in total. The summed E-state index contributed by atoms with van der Waals surface area (Å²) in [6, 6.07) is 1.31. The lowest BCUT2D eigenvalue weighted by atomic mass is 9.82. The van der Waals surface area contributed by atoms with E-state index in [-0.39, 0.29) is 12.2 Å². The maximum absolute atomic E-state index is 13.2. The van der Waals surface area contributed by atoms with Gasteiger partial charge < -0.3 is 16.0 Å². The van der Waals surface area contributed by atoms with Crippen molar-refractivity contribution in [1.29, 1.82) is 0 Å². The second-order valence-electron chi connectivity index (χ2n) is 11.8. The quantitative estimate of drug-likeness (QED) is 0.340. The van der Waals surface area contributed by atoms with Gasteiger partial charge in [0.2, 0.25) is 5.91 Å². The van der Waals surface area contributed by atoms with Crippen molar-refractivity contribution in [3.63, 3.8) is 0 Å². The average molecular weight is 476 g/mol. The van der Waals surface area contributed by atoms with E-state index >= 15 is 0 Å². The molecule has 0 aromatic heterocycles. The third-order valence-corrected chi connectivity index (χ3v) is 9.34. The predicted molar refractivity (Wildman–Crippen MR) is 136 cm³/mol. The molecule has 194 valence electrons. The Morgan fingerprint density at radius 3 is 2.59 bits per heavy atom. The molecule has 4 aliphatic heterocycles. The number of likely N-dealkylation sites (tertiary alicyclic amines) is 1. The topological polar surface area (TPSA) is 92.5 Å². The van der Waals surface area contributed by atoms with Crippen molar-refractivity contribution in [2.24, 2.45) is 17.8 Å². The normalized spacial score (nSPS) is 42.4. The van der Waals surface area contributed by atoms with E-state index in [1.165, 1.54) is 58.2 Å². The van der Waals surface area contributed by atoms with Crippen LogP contribution in [0.25, 0.3) is 0 Å². The van der Waals surface area contributed by atoms with E-state index in [1.54, 1.807) is 0 Å². The number of rotatable bonds is 6. The SMILES string of the molecule is CC1CCC(NC(=O)C2CCNC(N3CCCC3)C2)CC1NC1NCCC(C2CCCNC2)N1. The van der Waals surface area contributed by atoms with E-state index in [9.17, 15) is 4.79 Å². The summed E-state index contributed by atoms with van der Waals surface area (Å²) in [6.45, 7) is 9.08. The summed E-state index contributed by atoms with van der Waals surface area (Å²) in [5.74, 6) is 1.82. The minimum Gasteiger partial charge on any atom is -0.353 e. The van der Waals surface area contributed by atoms with Gasteiger partial charge in [-0.05, 0) is 115 Å². The van der Waals surface area contributed by atoms with Gasteiger partial charge in [-0.25, -0.2) is 0 Å². The Balaban J connectivity index is 1.10. The molecule has 5 fully saturated rings.